The minimum atomic E-state index is -1.04. The fourth-order valence-corrected chi connectivity index (χ4v) is 1.06. The molecule has 78 valence electrons. The summed E-state index contributed by atoms with van der Waals surface area (Å²) in [5.74, 6) is -1.98. The molecule has 0 aliphatic heterocycles. The lowest BCUT2D eigenvalue weighted by atomic mass is 10.2. The lowest BCUT2D eigenvalue weighted by molar-refractivity contribution is -0.685. The van der Waals surface area contributed by atoms with Crippen LogP contribution in [0.1, 0.15) is 5.56 Å². The van der Waals surface area contributed by atoms with Crippen LogP contribution >= 0.6 is 0 Å². The molecule has 0 aliphatic rings. The third kappa shape index (κ3) is 4.04. The number of aromatic nitrogens is 1. The maximum absolute atomic E-state index is 10.4. The lowest BCUT2D eigenvalue weighted by Gasteiger charge is -1.93. The number of carboxylic acid groups (broad SMARTS) is 2. The Kier molecular flexibility index (Phi) is 3.56. The third-order valence-corrected chi connectivity index (χ3v) is 1.62. The molecule has 0 unspecified atom stereocenters. The van der Waals surface area contributed by atoms with Gasteiger partial charge < -0.3 is 10.2 Å². The van der Waals surface area contributed by atoms with Gasteiger partial charge in [0.25, 0.3) is 0 Å². The summed E-state index contributed by atoms with van der Waals surface area (Å²) in [5, 5.41) is 16.9. The second-order valence-electron chi connectivity index (χ2n) is 2.87. The highest BCUT2D eigenvalue weighted by molar-refractivity contribution is 5.85. The van der Waals surface area contributed by atoms with Gasteiger partial charge in [0.1, 0.15) is 0 Å². The van der Waals surface area contributed by atoms with Gasteiger partial charge in [0.05, 0.1) is 0 Å². The summed E-state index contributed by atoms with van der Waals surface area (Å²) in [6.07, 6.45) is 5.57. The molecule has 0 bridgehead atoms. The first kappa shape index (κ1) is 10.9. The van der Waals surface area contributed by atoms with Crippen LogP contribution in [-0.2, 0) is 16.1 Å². The molecule has 1 heterocycles. The topological polar surface area (TPSA) is 78.5 Å². The van der Waals surface area contributed by atoms with Crippen LogP contribution in [-0.4, -0.2) is 22.2 Å². The van der Waals surface area contributed by atoms with Crippen molar-refractivity contribution < 1.29 is 24.4 Å². The van der Waals surface area contributed by atoms with Crippen LogP contribution in [0, 0.1) is 0 Å². The number of pyridine rings is 1. The van der Waals surface area contributed by atoms with Gasteiger partial charge in [-0.25, -0.2) is 9.59 Å². The molecule has 0 spiro atoms. The standard InChI is InChI=1S/C10H9NO4/c12-9(13)4-3-8-2-1-5-11(6-8)7-10(14)15/h1-6H,7H2,(H-,12,13,14,15)/p+1. The highest BCUT2D eigenvalue weighted by Gasteiger charge is 2.06. The van der Waals surface area contributed by atoms with E-state index < -0.39 is 11.9 Å². The van der Waals surface area contributed by atoms with Gasteiger partial charge in [0, 0.05) is 17.7 Å². The van der Waals surface area contributed by atoms with E-state index in [1.807, 2.05) is 0 Å². The van der Waals surface area contributed by atoms with Crippen molar-refractivity contribution in [3.8, 4) is 0 Å². The number of nitrogens with zero attached hydrogens (tertiary/aromatic N) is 1. The molecule has 0 fully saturated rings. The van der Waals surface area contributed by atoms with Gasteiger partial charge in [-0.05, 0) is 12.1 Å². The molecule has 0 saturated carbocycles. The van der Waals surface area contributed by atoms with Crippen molar-refractivity contribution >= 4 is 18.0 Å². The predicted octanol–water partition coefficient (Wildman–Crippen LogP) is 0.157. The normalized spacial score (nSPS) is 10.4. The maximum Gasteiger partial charge on any atom is 0.370 e. The summed E-state index contributed by atoms with van der Waals surface area (Å²) >= 11 is 0. The summed E-state index contributed by atoms with van der Waals surface area (Å²) in [6, 6.07) is 3.35. The van der Waals surface area contributed by atoms with Gasteiger partial charge in [0.2, 0.25) is 6.54 Å². The lowest BCUT2D eigenvalue weighted by Crippen LogP contribution is -2.37. The molecular weight excluding hydrogens is 198 g/mol. The first-order valence-corrected chi connectivity index (χ1v) is 4.20. The molecule has 5 nitrogen and oxygen atoms in total. The molecule has 0 aliphatic carbocycles. The zero-order valence-corrected chi connectivity index (χ0v) is 7.83. The highest BCUT2D eigenvalue weighted by Crippen LogP contribution is 1.97. The van der Waals surface area contributed by atoms with Crippen LogP contribution in [0.3, 0.4) is 0 Å². The van der Waals surface area contributed by atoms with Crippen molar-refractivity contribution in [2.24, 2.45) is 0 Å². The Bertz CT molecular complexity index is 412. The fraction of sp³-hybridized carbons (Fsp3) is 0.100. The summed E-state index contributed by atoms with van der Waals surface area (Å²) in [4.78, 5) is 20.7. The Morgan fingerprint density at radius 1 is 1.40 bits per heavy atom. The van der Waals surface area contributed by atoms with Crippen LogP contribution in [0.15, 0.2) is 30.6 Å². The number of hydrogen-bond acceptors (Lipinski definition) is 2. The molecule has 1 aromatic heterocycles. The third-order valence-electron chi connectivity index (χ3n) is 1.62. The van der Waals surface area contributed by atoms with Crippen LogP contribution in [0.5, 0.6) is 0 Å². The maximum atomic E-state index is 10.4. The SMILES string of the molecule is O=C(O)C=Cc1ccc[n+](CC(=O)O)c1. The van der Waals surface area contributed by atoms with Crippen molar-refractivity contribution in [3.05, 3.63) is 36.2 Å². The Balaban J connectivity index is 2.82. The van der Waals surface area contributed by atoms with E-state index in [0.29, 0.717) is 5.56 Å². The van der Waals surface area contributed by atoms with Crippen molar-refractivity contribution in [1.29, 1.82) is 0 Å². The second-order valence-corrected chi connectivity index (χ2v) is 2.87. The second kappa shape index (κ2) is 4.90. The zero-order chi connectivity index (χ0) is 11.3. The summed E-state index contributed by atoms with van der Waals surface area (Å²) in [5.41, 5.74) is 0.640. The van der Waals surface area contributed by atoms with Crippen molar-refractivity contribution in [3.63, 3.8) is 0 Å². The number of aliphatic carboxylic acids is 2. The average Bonchev–Trinajstić information content (AvgIpc) is 2.14. The van der Waals surface area contributed by atoms with E-state index in [9.17, 15) is 9.59 Å². The van der Waals surface area contributed by atoms with E-state index in [4.69, 9.17) is 10.2 Å². The summed E-state index contributed by atoms with van der Waals surface area (Å²) in [7, 11) is 0. The molecule has 2 N–H and O–H groups in total. The van der Waals surface area contributed by atoms with Gasteiger partial charge in [0.15, 0.2) is 12.4 Å². The molecule has 0 aromatic carbocycles. The summed E-state index contributed by atoms with van der Waals surface area (Å²) < 4.78 is 1.46. The summed E-state index contributed by atoms with van der Waals surface area (Å²) in [6.45, 7) is -0.144. The Hall–Kier alpha value is -2.17. The minimum absolute atomic E-state index is 0.144. The molecule has 0 radical (unpaired) electrons. The smallest absolute Gasteiger partial charge is 0.370 e. The van der Waals surface area contributed by atoms with E-state index in [1.165, 1.54) is 10.6 Å². The van der Waals surface area contributed by atoms with Gasteiger partial charge in [-0.3, -0.25) is 0 Å². The van der Waals surface area contributed by atoms with Gasteiger partial charge >= 0.3 is 11.9 Å². The van der Waals surface area contributed by atoms with E-state index in [2.05, 4.69) is 0 Å². The molecule has 0 atom stereocenters. The fourth-order valence-electron chi connectivity index (χ4n) is 1.06. The molecule has 0 amide bonds. The van der Waals surface area contributed by atoms with Crippen LogP contribution < -0.4 is 4.57 Å². The number of carboxylic acids is 2. The Labute approximate surface area is 85.9 Å². The van der Waals surface area contributed by atoms with Gasteiger partial charge in [-0.2, -0.15) is 4.57 Å². The minimum Gasteiger partial charge on any atom is -0.478 e. The number of rotatable bonds is 4. The molecule has 5 heteroatoms. The van der Waals surface area contributed by atoms with Gasteiger partial charge in [-0.1, -0.05) is 0 Å². The molecule has 1 aromatic rings. The van der Waals surface area contributed by atoms with Crippen molar-refractivity contribution in [2.75, 3.05) is 0 Å². The predicted molar refractivity (Wildman–Crippen MR) is 50.9 cm³/mol. The quantitative estimate of drug-likeness (QED) is 0.545. The Morgan fingerprint density at radius 2 is 2.13 bits per heavy atom. The number of carbonyl (C=O) groups is 2. The first-order chi connectivity index (χ1) is 7.08. The van der Waals surface area contributed by atoms with E-state index in [-0.39, 0.29) is 6.54 Å². The molecule has 15 heavy (non-hydrogen) atoms. The van der Waals surface area contributed by atoms with E-state index in [1.54, 1.807) is 24.5 Å². The van der Waals surface area contributed by atoms with Crippen LogP contribution in [0.2, 0.25) is 0 Å². The largest absolute Gasteiger partial charge is 0.478 e. The van der Waals surface area contributed by atoms with E-state index >= 15 is 0 Å². The monoisotopic (exact) mass is 208 g/mol. The van der Waals surface area contributed by atoms with E-state index in [0.717, 1.165) is 6.08 Å². The average molecular weight is 208 g/mol. The molecule has 0 saturated heterocycles. The molecule has 1 rings (SSSR count). The Morgan fingerprint density at radius 3 is 2.73 bits per heavy atom. The number of hydrogen-bond donors (Lipinski definition) is 2. The zero-order valence-electron chi connectivity index (χ0n) is 7.83. The highest BCUT2D eigenvalue weighted by atomic mass is 16.4. The van der Waals surface area contributed by atoms with Crippen LogP contribution in [0.25, 0.3) is 6.08 Å². The van der Waals surface area contributed by atoms with Gasteiger partial charge in [-0.15, -0.1) is 0 Å². The van der Waals surface area contributed by atoms with Crippen molar-refractivity contribution in [2.45, 2.75) is 6.54 Å². The first-order valence-electron chi connectivity index (χ1n) is 4.20. The van der Waals surface area contributed by atoms with Crippen LogP contribution in [0.4, 0.5) is 0 Å². The van der Waals surface area contributed by atoms with Crippen molar-refractivity contribution in [1.82, 2.24) is 0 Å². The molecular formula is C10H10NO4+.